The van der Waals surface area contributed by atoms with Gasteiger partial charge in [0.25, 0.3) is 0 Å². The Balaban J connectivity index is 1.57. The molecule has 2 saturated heterocycles. The van der Waals surface area contributed by atoms with Crippen LogP contribution in [0.3, 0.4) is 0 Å². The SMILES string of the molecule is CC1CCCN(C2CC3(CCNCC3)C2)C1C. The van der Waals surface area contributed by atoms with Gasteiger partial charge >= 0.3 is 0 Å². The lowest BCUT2D eigenvalue weighted by Gasteiger charge is -2.57. The minimum absolute atomic E-state index is 0.746. The lowest BCUT2D eigenvalue weighted by Crippen LogP contribution is -2.58. The smallest absolute Gasteiger partial charge is 0.0109 e. The number of nitrogens with one attached hydrogen (secondary N) is 1. The first-order valence-corrected chi connectivity index (χ1v) is 7.67. The van der Waals surface area contributed by atoms with Gasteiger partial charge in [0.2, 0.25) is 0 Å². The van der Waals surface area contributed by atoms with Crippen molar-refractivity contribution in [2.75, 3.05) is 19.6 Å². The fourth-order valence-corrected chi connectivity index (χ4v) is 4.42. The second kappa shape index (κ2) is 4.55. The summed E-state index contributed by atoms with van der Waals surface area (Å²) in [4.78, 5) is 2.83. The first-order chi connectivity index (χ1) is 8.20. The number of rotatable bonds is 1. The number of piperidine rings is 2. The first kappa shape index (κ1) is 12.0. The van der Waals surface area contributed by atoms with E-state index in [-0.39, 0.29) is 0 Å². The van der Waals surface area contributed by atoms with Crippen LogP contribution in [0.25, 0.3) is 0 Å². The van der Waals surface area contributed by atoms with Crippen molar-refractivity contribution in [2.24, 2.45) is 11.3 Å². The molecule has 17 heavy (non-hydrogen) atoms. The van der Waals surface area contributed by atoms with Gasteiger partial charge in [-0.25, -0.2) is 0 Å². The lowest BCUT2D eigenvalue weighted by molar-refractivity contribution is -0.0565. The Bertz CT molecular complexity index is 262. The van der Waals surface area contributed by atoms with Gasteiger partial charge in [0, 0.05) is 12.1 Å². The lowest BCUT2D eigenvalue weighted by atomic mass is 9.59. The van der Waals surface area contributed by atoms with E-state index in [0.717, 1.165) is 23.4 Å². The Labute approximate surface area is 106 Å². The molecule has 2 heterocycles. The molecule has 3 aliphatic rings. The molecule has 2 nitrogen and oxygen atoms in total. The van der Waals surface area contributed by atoms with E-state index >= 15 is 0 Å². The summed E-state index contributed by atoms with van der Waals surface area (Å²) in [5.41, 5.74) is 0.746. The van der Waals surface area contributed by atoms with Crippen LogP contribution in [0.15, 0.2) is 0 Å². The summed E-state index contributed by atoms with van der Waals surface area (Å²) in [6.07, 6.45) is 8.72. The third-order valence-electron chi connectivity index (χ3n) is 5.89. The van der Waals surface area contributed by atoms with Crippen LogP contribution < -0.4 is 5.32 Å². The van der Waals surface area contributed by atoms with Gasteiger partial charge in [-0.2, -0.15) is 0 Å². The maximum Gasteiger partial charge on any atom is 0.0109 e. The molecule has 2 heteroatoms. The Hall–Kier alpha value is -0.0800. The molecular weight excluding hydrogens is 208 g/mol. The van der Waals surface area contributed by atoms with Crippen LogP contribution in [-0.4, -0.2) is 36.6 Å². The molecule has 0 aromatic carbocycles. The summed E-state index contributed by atoms with van der Waals surface area (Å²) in [5.74, 6) is 0.910. The highest BCUT2D eigenvalue weighted by Gasteiger charge is 2.48. The molecule has 3 rings (SSSR count). The highest BCUT2D eigenvalue weighted by molar-refractivity contribution is 5.02. The van der Waals surface area contributed by atoms with Crippen molar-refractivity contribution < 1.29 is 0 Å². The molecule has 1 N–H and O–H groups in total. The third kappa shape index (κ3) is 2.15. The molecule has 98 valence electrons. The van der Waals surface area contributed by atoms with Gasteiger partial charge in [0.15, 0.2) is 0 Å². The van der Waals surface area contributed by atoms with E-state index in [4.69, 9.17) is 0 Å². The predicted octanol–water partition coefficient (Wildman–Crippen LogP) is 2.64. The van der Waals surface area contributed by atoms with Crippen LogP contribution in [0.5, 0.6) is 0 Å². The molecule has 3 fully saturated rings. The Morgan fingerprint density at radius 1 is 1.12 bits per heavy atom. The van der Waals surface area contributed by atoms with Gasteiger partial charge in [-0.15, -0.1) is 0 Å². The quantitative estimate of drug-likeness (QED) is 0.753. The van der Waals surface area contributed by atoms with Gasteiger partial charge in [0.05, 0.1) is 0 Å². The van der Waals surface area contributed by atoms with Crippen LogP contribution in [0, 0.1) is 11.3 Å². The molecule has 0 amide bonds. The van der Waals surface area contributed by atoms with E-state index in [1.54, 1.807) is 0 Å². The standard InChI is InChI=1S/C15H28N2/c1-12-4-3-9-17(13(12)2)14-10-15(11-14)5-7-16-8-6-15/h12-14,16H,3-11H2,1-2H3. The summed E-state index contributed by atoms with van der Waals surface area (Å²) in [7, 11) is 0. The molecule has 0 bridgehead atoms. The summed E-state index contributed by atoms with van der Waals surface area (Å²) in [5, 5.41) is 3.50. The molecule has 0 aromatic rings. The largest absolute Gasteiger partial charge is 0.317 e. The minimum atomic E-state index is 0.746. The summed E-state index contributed by atoms with van der Waals surface area (Å²) < 4.78 is 0. The topological polar surface area (TPSA) is 15.3 Å². The molecule has 0 aromatic heterocycles. The normalized spacial score (nSPS) is 39.2. The van der Waals surface area contributed by atoms with Crippen molar-refractivity contribution in [1.82, 2.24) is 10.2 Å². The second-order valence-corrected chi connectivity index (χ2v) is 6.91. The van der Waals surface area contributed by atoms with Crippen molar-refractivity contribution >= 4 is 0 Å². The van der Waals surface area contributed by atoms with Crippen molar-refractivity contribution in [1.29, 1.82) is 0 Å². The molecule has 1 spiro atoms. The van der Waals surface area contributed by atoms with Crippen LogP contribution in [0.2, 0.25) is 0 Å². The van der Waals surface area contributed by atoms with Gasteiger partial charge in [-0.3, -0.25) is 4.90 Å². The highest BCUT2D eigenvalue weighted by Crippen LogP contribution is 2.51. The summed E-state index contributed by atoms with van der Waals surface area (Å²) >= 11 is 0. The monoisotopic (exact) mass is 236 g/mol. The molecule has 2 aliphatic heterocycles. The summed E-state index contributed by atoms with van der Waals surface area (Å²) in [6, 6.07) is 1.75. The highest BCUT2D eigenvalue weighted by atomic mass is 15.2. The van der Waals surface area contributed by atoms with E-state index in [1.165, 1.54) is 58.2 Å². The fraction of sp³-hybridized carbons (Fsp3) is 1.00. The van der Waals surface area contributed by atoms with Gasteiger partial charge in [-0.05, 0) is 76.4 Å². The number of likely N-dealkylation sites (tertiary alicyclic amines) is 1. The zero-order valence-electron chi connectivity index (χ0n) is 11.5. The second-order valence-electron chi connectivity index (χ2n) is 6.91. The predicted molar refractivity (Wildman–Crippen MR) is 72.1 cm³/mol. The Morgan fingerprint density at radius 2 is 1.82 bits per heavy atom. The van der Waals surface area contributed by atoms with Crippen molar-refractivity contribution in [3.8, 4) is 0 Å². The fourth-order valence-electron chi connectivity index (χ4n) is 4.42. The summed E-state index contributed by atoms with van der Waals surface area (Å²) in [6.45, 7) is 8.79. The maximum absolute atomic E-state index is 3.50. The van der Waals surface area contributed by atoms with Gasteiger partial charge in [-0.1, -0.05) is 6.92 Å². The van der Waals surface area contributed by atoms with Crippen LogP contribution in [0.1, 0.15) is 52.4 Å². The minimum Gasteiger partial charge on any atom is -0.317 e. The molecule has 0 radical (unpaired) electrons. The molecule has 1 aliphatic carbocycles. The van der Waals surface area contributed by atoms with Crippen molar-refractivity contribution in [2.45, 2.75) is 64.5 Å². The number of hydrogen-bond acceptors (Lipinski definition) is 2. The van der Waals surface area contributed by atoms with E-state index in [9.17, 15) is 0 Å². The van der Waals surface area contributed by atoms with E-state index in [1.807, 2.05) is 0 Å². The average Bonchev–Trinajstić information content (AvgIpc) is 2.31. The zero-order valence-corrected chi connectivity index (χ0v) is 11.5. The maximum atomic E-state index is 3.50. The van der Waals surface area contributed by atoms with E-state index < -0.39 is 0 Å². The first-order valence-electron chi connectivity index (χ1n) is 7.67. The third-order valence-corrected chi connectivity index (χ3v) is 5.89. The zero-order chi connectivity index (χ0) is 11.9. The molecule has 1 saturated carbocycles. The van der Waals surface area contributed by atoms with Crippen molar-refractivity contribution in [3.63, 3.8) is 0 Å². The molecule has 2 atom stereocenters. The van der Waals surface area contributed by atoms with E-state index in [0.29, 0.717) is 0 Å². The number of hydrogen-bond donors (Lipinski definition) is 1. The molecule has 2 unspecified atom stereocenters. The Kier molecular flexibility index (Phi) is 3.20. The number of nitrogens with zero attached hydrogens (tertiary/aromatic N) is 1. The average molecular weight is 236 g/mol. The van der Waals surface area contributed by atoms with Gasteiger partial charge in [0.1, 0.15) is 0 Å². The van der Waals surface area contributed by atoms with Crippen LogP contribution >= 0.6 is 0 Å². The Morgan fingerprint density at radius 3 is 2.53 bits per heavy atom. The van der Waals surface area contributed by atoms with E-state index in [2.05, 4.69) is 24.1 Å². The van der Waals surface area contributed by atoms with Gasteiger partial charge < -0.3 is 5.32 Å². The molecular formula is C15H28N2. The van der Waals surface area contributed by atoms with Crippen LogP contribution in [0.4, 0.5) is 0 Å². The van der Waals surface area contributed by atoms with Crippen molar-refractivity contribution in [3.05, 3.63) is 0 Å². The van der Waals surface area contributed by atoms with Crippen LogP contribution in [-0.2, 0) is 0 Å².